The van der Waals surface area contributed by atoms with Crippen LogP contribution in [0.2, 0.25) is 0 Å². The second-order valence-corrected chi connectivity index (χ2v) is 4.29. The first-order valence-electron chi connectivity index (χ1n) is 6.35. The van der Waals surface area contributed by atoms with Gasteiger partial charge in [-0.25, -0.2) is 0 Å². The van der Waals surface area contributed by atoms with E-state index in [1.165, 1.54) is 0 Å². The lowest BCUT2D eigenvalue weighted by molar-refractivity contribution is -0.119. The van der Waals surface area contributed by atoms with Crippen LogP contribution in [0.25, 0.3) is 0 Å². The van der Waals surface area contributed by atoms with E-state index in [1.54, 1.807) is 0 Å². The van der Waals surface area contributed by atoms with E-state index in [4.69, 9.17) is 0 Å². The minimum Gasteiger partial charge on any atom is -0.362 e. The van der Waals surface area contributed by atoms with Crippen molar-refractivity contribution in [3.8, 4) is 0 Å². The standard InChI is InChI=1S/C14H21NO2/c1-3-13(16)9-7-11-5-6-12(15-11)8-10-14(17)4-2/h5-6,15H,3-4,7-10H2,1-2H3. The number of carbonyl (C=O) groups excluding carboxylic acids is 2. The molecule has 0 bridgehead atoms. The van der Waals surface area contributed by atoms with E-state index in [0.717, 1.165) is 24.2 Å². The number of rotatable bonds is 8. The van der Waals surface area contributed by atoms with Gasteiger partial charge in [-0.2, -0.15) is 0 Å². The summed E-state index contributed by atoms with van der Waals surface area (Å²) >= 11 is 0. The number of carbonyl (C=O) groups is 2. The van der Waals surface area contributed by atoms with Crippen LogP contribution >= 0.6 is 0 Å². The summed E-state index contributed by atoms with van der Waals surface area (Å²) in [6.45, 7) is 3.78. The Kier molecular flexibility index (Phi) is 5.67. The Labute approximate surface area is 103 Å². The van der Waals surface area contributed by atoms with E-state index < -0.39 is 0 Å². The van der Waals surface area contributed by atoms with Crippen LogP contribution in [-0.2, 0) is 22.4 Å². The fraction of sp³-hybridized carbons (Fsp3) is 0.571. The van der Waals surface area contributed by atoms with Crippen LogP contribution in [0.1, 0.15) is 50.9 Å². The Morgan fingerprint density at radius 2 is 1.35 bits per heavy atom. The predicted molar refractivity (Wildman–Crippen MR) is 68.0 cm³/mol. The highest BCUT2D eigenvalue weighted by molar-refractivity contribution is 5.78. The predicted octanol–water partition coefficient (Wildman–Crippen LogP) is 2.84. The molecular formula is C14H21NO2. The Hall–Kier alpha value is -1.38. The number of aromatic nitrogens is 1. The zero-order valence-corrected chi connectivity index (χ0v) is 10.7. The number of H-pyrrole nitrogens is 1. The second kappa shape index (κ2) is 7.05. The molecule has 0 saturated heterocycles. The highest BCUT2D eigenvalue weighted by Gasteiger charge is 2.04. The van der Waals surface area contributed by atoms with Crippen molar-refractivity contribution in [3.05, 3.63) is 23.5 Å². The molecule has 0 fully saturated rings. The van der Waals surface area contributed by atoms with Crippen LogP contribution in [-0.4, -0.2) is 16.6 Å². The monoisotopic (exact) mass is 235 g/mol. The number of nitrogens with one attached hydrogen (secondary N) is 1. The van der Waals surface area contributed by atoms with Gasteiger partial charge in [-0.05, 0) is 25.0 Å². The van der Waals surface area contributed by atoms with Crippen molar-refractivity contribution >= 4 is 11.6 Å². The van der Waals surface area contributed by atoms with Gasteiger partial charge < -0.3 is 4.98 Å². The lowest BCUT2D eigenvalue weighted by Gasteiger charge is -1.98. The van der Waals surface area contributed by atoms with E-state index >= 15 is 0 Å². The first-order chi connectivity index (χ1) is 8.15. The molecule has 0 spiro atoms. The van der Waals surface area contributed by atoms with Gasteiger partial charge in [-0.15, -0.1) is 0 Å². The van der Waals surface area contributed by atoms with Gasteiger partial charge in [0.15, 0.2) is 0 Å². The molecule has 1 aromatic rings. The maximum Gasteiger partial charge on any atom is 0.133 e. The molecule has 1 aromatic heterocycles. The highest BCUT2D eigenvalue weighted by Crippen LogP contribution is 2.08. The van der Waals surface area contributed by atoms with Crippen LogP contribution in [0.3, 0.4) is 0 Å². The van der Waals surface area contributed by atoms with Crippen molar-refractivity contribution in [3.63, 3.8) is 0 Å². The summed E-state index contributed by atoms with van der Waals surface area (Å²) in [6, 6.07) is 4.02. The third-order valence-corrected chi connectivity index (χ3v) is 2.94. The Morgan fingerprint density at radius 1 is 0.941 bits per heavy atom. The third kappa shape index (κ3) is 4.98. The normalized spacial score (nSPS) is 10.5. The number of Topliss-reactive ketones (excluding diaryl/α,β-unsaturated/α-hetero) is 2. The second-order valence-electron chi connectivity index (χ2n) is 4.29. The maximum atomic E-state index is 11.2. The Morgan fingerprint density at radius 3 is 1.71 bits per heavy atom. The van der Waals surface area contributed by atoms with E-state index in [9.17, 15) is 9.59 Å². The SMILES string of the molecule is CCC(=O)CCc1ccc(CCC(=O)CC)[nH]1. The van der Waals surface area contributed by atoms with Gasteiger partial charge in [0.25, 0.3) is 0 Å². The number of aromatic amines is 1. The average Bonchev–Trinajstić information content (AvgIpc) is 2.80. The summed E-state index contributed by atoms with van der Waals surface area (Å²) in [7, 11) is 0. The number of ketones is 2. The molecular weight excluding hydrogens is 214 g/mol. The minimum atomic E-state index is 0.294. The summed E-state index contributed by atoms with van der Waals surface area (Å²) in [6.07, 6.45) is 3.97. The summed E-state index contributed by atoms with van der Waals surface area (Å²) in [4.78, 5) is 25.6. The van der Waals surface area contributed by atoms with Crippen LogP contribution < -0.4 is 0 Å². The molecule has 17 heavy (non-hydrogen) atoms. The molecule has 0 saturated carbocycles. The van der Waals surface area contributed by atoms with Crippen molar-refractivity contribution in [2.45, 2.75) is 52.4 Å². The number of aryl methyl sites for hydroxylation is 2. The Balaban J connectivity index is 2.37. The first kappa shape index (κ1) is 13.7. The molecule has 1 rings (SSSR count). The van der Waals surface area contributed by atoms with Crippen LogP contribution in [0, 0.1) is 0 Å². The molecule has 1 heterocycles. The third-order valence-electron chi connectivity index (χ3n) is 2.94. The minimum absolute atomic E-state index is 0.294. The molecule has 94 valence electrons. The molecule has 0 amide bonds. The summed E-state index contributed by atoms with van der Waals surface area (Å²) in [5.41, 5.74) is 2.18. The number of hydrogen-bond donors (Lipinski definition) is 1. The van der Waals surface area contributed by atoms with Crippen LogP contribution in [0.15, 0.2) is 12.1 Å². The smallest absolute Gasteiger partial charge is 0.133 e. The number of hydrogen-bond acceptors (Lipinski definition) is 2. The van der Waals surface area contributed by atoms with Crippen molar-refractivity contribution < 1.29 is 9.59 Å². The summed E-state index contributed by atoms with van der Waals surface area (Å²) in [5.74, 6) is 0.588. The van der Waals surface area contributed by atoms with Gasteiger partial charge in [0, 0.05) is 37.1 Å². The molecule has 0 aliphatic heterocycles. The van der Waals surface area contributed by atoms with Gasteiger partial charge in [0.1, 0.15) is 11.6 Å². The fourth-order valence-corrected chi connectivity index (χ4v) is 1.68. The molecule has 0 aromatic carbocycles. The fourth-order valence-electron chi connectivity index (χ4n) is 1.68. The van der Waals surface area contributed by atoms with Gasteiger partial charge in [0.2, 0.25) is 0 Å². The molecule has 3 heteroatoms. The van der Waals surface area contributed by atoms with Crippen LogP contribution in [0.4, 0.5) is 0 Å². The van der Waals surface area contributed by atoms with Crippen molar-refractivity contribution in [2.75, 3.05) is 0 Å². The zero-order chi connectivity index (χ0) is 12.7. The molecule has 1 N–H and O–H groups in total. The Bertz CT molecular complexity index is 345. The molecule has 3 nitrogen and oxygen atoms in total. The molecule has 0 atom stereocenters. The van der Waals surface area contributed by atoms with Crippen LogP contribution in [0.5, 0.6) is 0 Å². The van der Waals surface area contributed by atoms with Crippen molar-refractivity contribution in [1.82, 2.24) is 4.98 Å². The molecule has 0 unspecified atom stereocenters. The average molecular weight is 235 g/mol. The van der Waals surface area contributed by atoms with E-state index in [2.05, 4.69) is 4.98 Å². The summed E-state index contributed by atoms with van der Waals surface area (Å²) < 4.78 is 0. The lowest BCUT2D eigenvalue weighted by Crippen LogP contribution is -1.99. The van der Waals surface area contributed by atoms with Gasteiger partial charge in [0.05, 0.1) is 0 Å². The first-order valence-corrected chi connectivity index (χ1v) is 6.35. The van der Waals surface area contributed by atoms with E-state index in [-0.39, 0.29) is 0 Å². The lowest BCUT2D eigenvalue weighted by atomic mass is 10.1. The largest absolute Gasteiger partial charge is 0.362 e. The van der Waals surface area contributed by atoms with Crippen molar-refractivity contribution in [2.24, 2.45) is 0 Å². The van der Waals surface area contributed by atoms with Gasteiger partial charge >= 0.3 is 0 Å². The van der Waals surface area contributed by atoms with Gasteiger partial charge in [-0.1, -0.05) is 13.8 Å². The molecule has 0 radical (unpaired) electrons. The highest BCUT2D eigenvalue weighted by atomic mass is 16.1. The topological polar surface area (TPSA) is 49.9 Å². The summed E-state index contributed by atoms with van der Waals surface area (Å²) in [5, 5.41) is 0. The maximum absolute atomic E-state index is 11.2. The quantitative estimate of drug-likeness (QED) is 0.753. The molecule has 0 aliphatic rings. The molecule has 0 aliphatic carbocycles. The van der Waals surface area contributed by atoms with E-state index in [1.807, 2.05) is 26.0 Å². The van der Waals surface area contributed by atoms with Crippen molar-refractivity contribution in [1.29, 1.82) is 0 Å². The zero-order valence-electron chi connectivity index (χ0n) is 10.7. The van der Waals surface area contributed by atoms with Gasteiger partial charge in [-0.3, -0.25) is 9.59 Å². The van der Waals surface area contributed by atoms with E-state index in [0.29, 0.717) is 37.2 Å².